The predicted octanol–water partition coefficient (Wildman–Crippen LogP) is 4.07. The molecule has 0 saturated carbocycles. The molecule has 0 saturated heterocycles. The molecule has 142 valence electrons. The van der Waals surface area contributed by atoms with Crippen LogP contribution >= 0.6 is 0 Å². The number of pyridine rings is 2. The SMILES string of the molecule is CNC(C)c1cc2cccc(C#Cc3ccccn3)c2c(=O)n1-c1ccccc1. The molecular weight excluding hydrogens is 358 g/mol. The molecule has 4 rings (SSSR count). The van der Waals surface area contributed by atoms with Gasteiger partial charge in [-0.3, -0.25) is 9.36 Å². The Morgan fingerprint density at radius 3 is 2.48 bits per heavy atom. The van der Waals surface area contributed by atoms with Gasteiger partial charge in [-0.25, -0.2) is 4.98 Å². The standard InChI is InChI=1S/C25H21N3O/c1-18(26-2)23-17-20-10-8-9-19(14-15-21-11-6-7-16-27-21)24(20)25(29)28(23)22-12-4-3-5-13-22/h3-13,16-18,26H,1-2H3. The zero-order valence-electron chi connectivity index (χ0n) is 16.4. The number of benzene rings is 2. The van der Waals surface area contributed by atoms with Crippen LogP contribution < -0.4 is 10.9 Å². The van der Waals surface area contributed by atoms with Gasteiger partial charge in [0.05, 0.1) is 5.39 Å². The molecule has 0 aliphatic heterocycles. The summed E-state index contributed by atoms with van der Waals surface area (Å²) in [6, 6.07) is 23.2. The lowest BCUT2D eigenvalue weighted by molar-refractivity contribution is 0.612. The van der Waals surface area contributed by atoms with Crippen molar-refractivity contribution in [1.82, 2.24) is 14.9 Å². The number of nitrogens with one attached hydrogen (secondary N) is 1. The number of para-hydroxylation sites is 1. The summed E-state index contributed by atoms with van der Waals surface area (Å²) in [5.41, 5.74) is 3.05. The zero-order valence-corrected chi connectivity index (χ0v) is 16.4. The summed E-state index contributed by atoms with van der Waals surface area (Å²) < 4.78 is 1.77. The van der Waals surface area contributed by atoms with E-state index in [0.717, 1.165) is 16.8 Å². The van der Waals surface area contributed by atoms with Crippen LogP contribution in [0.1, 0.15) is 29.9 Å². The van der Waals surface area contributed by atoms with Gasteiger partial charge < -0.3 is 5.32 Å². The molecular formula is C25H21N3O. The Morgan fingerprint density at radius 1 is 0.966 bits per heavy atom. The van der Waals surface area contributed by atoms with Gasteiger partial charge in [0, 0.05) is 29.2 Å². The number of nitrogens with zero attached hydrogens (tertiary/aromatic N) is 2. The minimum atomic E-state index is -0.0725. The van der Waals surface area contributed by atoms with Gasteiger partial charge in [0.2, 0.25) is 0 Å². The molecule has 2 aromatic carbocycles. The average molecular weight is 379 g/mol. The van der Waals surface area contributed by atoms with E-state index in [1.165, 1.54) is 0 Å². The summed E-state index contributed by atoms with van der Waals surface area (Å²) in [4.78, 5) is 17.9. The Bertz CT molecular complexity index is 1270. The van der Waals surface area contributed by atoms with Gasteiger partial charge >= 0.3 is 0 Å². The minimum absolute atomic E-state index is 0.00978. The largest absolute Gasteiger partial charge is 0.312 e. The lowest BCUT2D eigenvalue weighted by Gasteiger charge is -2.19. The normalized spacial score (nSPS) is 11.7. The highest BCUT2D eigenvalue weighted by atomic mass is 16.1. The Kier molecular flexibility index (Phi) is 5.24. The molecule has 0 fully saturated rings. The first-order valence-corrected chi connectivity index (χ1v) is 9.53. The number of hydrogen-bond acceptors (Lipinski definition) is 3. The van der Waals surface area contributed by atoms with Crippen molar-refractivity contribution in [3.8, 4) is 17.5 Å². The van der Waals surface area contributed by atoms with Crippen LogP contribution in [0.5, 0.6) is 0 Å². The Morgan fingerprint density at radius 2 is 1.76 bits per heavy atom. The third kappa shape index (κ3) is 3.69. The fourth-order valence-electron chi connectivity index (χ4n) is 3.36. The van der Waals surface area contributed by atoms with Crippen LogP contribution in [-0.4, -0.2) is 16.6 Å². The van der Waals surface area contributed by atoms with Gasteiger partial charge in [-0.15, -0.1) is 0 Å². The number of fused-ring (bicyclic) bond motifs is 1. The van der Waals surface area contributed by atoms with Crippen LogP contribution in [0.25, 0.3) is 16.5 Å². The molecule has 4 aromatic rings. The second-order valence-electron chi connectivity index (χ2n) is 6.79. The topological polar surface area (TPSA) is 46.9 Å². The molecule has 2 aromatic heterocycles. The van der Waals surface area contributed by atoms with E-state index in [9.17, 15) is 4.79 Å². The fraction of sp³-hybridized carbons (Fsp3) is 0.120. The summed E-state index contributed by atoms with van der Waals surface area (Å²) in [5.74, 6) is 6.21. The molecule has 0 bridgehead atoms. The van der Waals surface area contributed by atoms with E-state index in [1.807, 2.05) is 80.7 Å². The number of aromatic nitrogens is 2. The summed E-state index contributed by atoms with van der Waals surface area (Å²) in [6.45, 7) is 2.05. The first kappa shape index (κ1) is 18.7. The van der Waals surface area contributed by atoms with E-state index >= 15 is 0 Å². The molecule has 4 heteroatoms. The van der Waals surface area contributed by atoms with Crippen molar-refractivity contribution in [3.63, 3.8) is 0 Å². The quantitative estimate of drug-likeness (QED) is 0.546. The lowest BCUT2D eigenvalue weighted by atomic mass is 10.0. The van der Waals surface area contributed by atoms with Crippen molar-refractivity contribution >= 4 is 10.8 Å². The number of hydrogen-bond donors (Lipinski definition) is 1. The molecule has 4 nitrogen and oxygen atoms in total. The highest BCUT2D eigenvalue weighted by Gasteiger charge is 2.16. The predicted molar refractivity (Wildman–Crippen MR) is 117 cm³/mol. The average Bonchev–Trinajstić information content (AvgIpc) is 2.78. The molecule has 0 spiro atoms. The maximum absolute atomic E-state index is 13.7. The Labute approximate surface area is 169 Å². The van der Waals surface area contributed by atoms with Crippen molar-refractivity contribution in [3.05, 3.63) is 106 Å². The molecule has 2 heterocycles. The zero-order chi connectivity index (χ0) is 20.2. The van der Waals surface area contributed by atoms with Gasteiger partial charge in [-0.05, 0) is 61.7 Å². The maximum atomic E-state index is 13.7. The van der Waals surface area contributed by atoms with Gasteiger partial charge in [-0.2, -0.15) is 0 Å². The van der Waals surface area contributed by atoms with Crippen molar-refractivity contribution in [2.75, 3.05) is 7.05 Å². The first-order valence-electron chi connectivity index (χ1n) is 9.53. The second-order valence-corrected chi connectivity index (χ2v) is 6.79. The van der Waals surface area contributed by atoms with E-state index in [4.69, 9.17) is 0 Å². The highest BCUT2D eigenvalue weighted by Crippen LogP contribution is 2.22. The summed E-state index contributed by atoms with van der Waals surface area (Å²) in [7, 11) is 1.89. The molecule has 29 heavy (non-hydrogen) atoms. The van der Waals surface area contributed by atoms with Crippen LogP contribution in [0.15, 0.2) is 83.8 Å². The highest BCUT2D eigenvalue weighted by molar-refractivity contribution is 5.88. The Balaban J connectivity index is 2.00. The van der Waals surface area contributed by atoms with Gasteiger partial charge in [0.1, 0.15) is 5.69 Å². The van der Waals surface area contributed by atoms with E-state index in [1.54, 1.807) is 10.8 Å². The van der Waals surface area contributed by atoms with Crippen LogP contribution in [-0.2, 0) is 0 Å². The van der Waals surface area contributed by atoms with E-state index in [0.29, 0.717) is 16.6 Å². The van der Waals surface area contributed by atoms with Crippen molar-refractivity contribution in [2.45, 2.75) is 13.0 Å². The third-order valence-corrected chi connectivity index (χ3v) is 4.96. The molecule has 0 aliphatic rings. The monoisotopic (exact) mass is 379 g/mol. The van der Waals surface area contributed by atoms with Crippen LogP contribution in [0, 0.1) is 11.8 Å². The number of rotatable bonds is 3. The van der Waals surface area contributed by atoms with E-state index in [-0.39, 0.29) is 11.6 Å². The molecule has 0 aliphatic carbocycles. The molecule has 1 N–H and O–H groups in total. The third-order valence-electron chi connectivity index (χ3n) is 4.96. The van der Waals surface area contributed by atoms with Crippen LogP contribution in [0.2, 0.25) is 0 Å². The van der Waals surface area contributed by atoms with Crippen molar-refractivity contribution in [2.24, 2.45) is 0 Å². The van der Waals surface area contributed by atoms with Crippen LogP contribution in [0.4, 0.5) is 0 Å². The van der Waals surface area contributed by atoms with Gasteiger partial charge in [-0.1, -0.05) is 42.3 Å². The smallest absolute Gasteiger partial charge is 0.264 e. The summed E-state index contributed by atoms with van der Waals surface area (Å²) in [5, 5.41) is 4.75. The maximum Gasteiger partial charge on any atom is 0.264 e. The lowest BCUT2D eigenvalue weighted by Crippen LogP contribution is -2.27. The first-order chi connectivity index (χ1) is 14.2. The fourth-order valence-corrected chi connectivity index (χ4v) is 3.36. The van der Waals surface area contributed by atoms with Gasteiger partial charge in [0.15, 0.2) is 0 Å². The van der Waals surface area contributed by atoms with E-state index in [2.05, 4.69) is 28.2 Å². The molecule has 1 atom stereocenters. The van der Waals surface area contributed by atoms with Gasteiger partial charge in [0.25, 0.3) is 5.56 Å². The van der Waals surface area contributed by atoms with E-state index < -0.39 is 0 Å². The molecule has 1 unspecified atom stereocenters. The molecule has 0 amide bonds. The Hall–Kier alpha value is -3.68. The summed E-state index contributed by atoms with van der Waals surface area (Å²) in [6.07, 6.45) is 1.71. The van der Waals surface area contributed by atoms with Crippen molar-refractivity contribution in [1.29, 1.82) is 0 Å². The second kappa shape index (κ2) is 8.14. The van der Waals surface area contributed by atoms with Crippen LogP contribution in [0.3, 0.4) is 0 Å². The minimum Gasteiger partial charge on any atom is -0.312 e. The van der Waals surface area contributed by atoms with Crippen molar-refractivity contribution < 1.29 is 0 Å². The molecule has 0 radical (unpaired) electrons. The summed E-state index contributed by atoms with van der Waals surface area (Å²) >= 11 is 0.